The highest BCUT2D eigenvalue weighted by Gasteiger charge is 2.37. The number of hydrogen-bond acceptors (Lipinski definition) is 3. The lowest BCUT2D eigenvalue weighted by atomic mass is 9.79. The molecule has 0 saturated heterocycles. The fraction of sp³-hybridized carbons (Fsp3) is 0.500. The maximum atomic E-state index is 11.0. The van der Waals surface area contributed by atoms with Crippen LogP contribution in [0.4, 0.5) is 0 Å². The molecule has 1 fully saturated rings. The van der Waals surface area contributed by atoms with E-state index in [0.717, 1.165) is 24.2 Å². The highest BCUT2D eigenvalue weighted by Crippen LogP contribution is 2.30. The summed E-state index contributed by atoms with van der Waals surface area (Å²) in [7, 11) is 1.64. The molecule has 2 unspecified atom stereocenters. The normalized spacial score (nSPS) is 24.1. The van der Waals surface area contributed by atoms with Crippen LogP contribution in [0.15, 0.2) is 24.3 Å². The molecule has 3 atom stereocenters. The summed E-state index contributed by atoms with van der Waals surface area (Å²) >= 11 is 0. The predicted molar refractivity (Wildman–Crippen MR) is 68.7 cm³/mol. The van der Waals surface area contributed by atoms with Gasteiger partial charge in [-0.1, -0.05) is 12.1 Å². The zero-order valence-corrected chi connectivity index (χ0v) is 10.7. The lowest BCUT2D eigenvalue weighted by Crippen LogP contribution is -2.48. The number of carboxylic acids is 1. The van der Waals surface area contributed by atoms with E-state index in [4.69, 9.17) is 9.84 Å². The van der Waals surface area contributed by atoms with Crippen LogP contribution in [0.1, 0.15) is 31.4 Å². The molecular formula is C14H19NO3. The van der Waals surface area contributed by atoms with Crippen molar-refractivity contribution in [2.24, 2.45) is 5.92 Å². The molecule has 0 heterocycles. The fourth-order valence-electron chi connectivity index (χ4n) is 2.32. The van der Waals surface area contributed by atoms with Gasteiger partial charge in [0.1, 0.15) is 5.75 Å². The molecule has 4 heteroatoms. The van der Waals surface area contributed by atoms with Gasteiger partial charge in [0.2, 0.25) is 0 Å². The number of carboxylic acid groups (broad SMARTS) is 1. The smallest absolute Gasteiger partial charge is 0.308 e. The Balaban J connectivity index is 1.99. The van der Waals surface area contributed by atoms with E-state index in [1.165, 1.54) is 0 Å². The molecule has 2 N–H and O–H groups in total. The van der Waals surface area contributed by atoms with E-state index in [0.29, 0.717) is 0 Å². The highest BCUT2D eigenvalue weighted by molar-refractivity contribution is 5.72. The van der Waals surface area contributed by atoms with Crippen molar-refractivity contribution in [2.45, 2.75) is 31.8 Å². The molecule has 2 rings (SSSR count). The second kappa shape index (κ2) is 5.40. The molecule has 0 aliphatic heterocycles. The Morgan fingerprint density at radius 2 is 2.28 bits per heavy atom. The molecule has 1 aliphatic carbocycles. The quantitative estimate of drug-likeness (QED) is 0.840. The van der Waals surface area contributed by atoms with Crippen LogP contribution in [-0.2, 0) is 4.79 Å². The Labute approximate surface area is 107 Å². The molecule has 1 aromatic rings. The second-order valence-corrected chi connectivity index (χ2v) is 4.79. The first-order valence-electron chi connectivity index (χ1n) is 6.24. The van der Waals surface area contributed by atoms with Gasteiger partial charge in [-0.2, -0.15) is 0 Å². The Morgan fingerprint density at radius 3 is 2.83 bits per heavy atom. The number of nitrogens with one attached hydrogen (secondary N) is 1. The summed E-state index contributed by atoms with van der Waals surface area (Å²) < 4.78 is 5.19. The number of rotatable bonds is 5. The number of ether oxygens (including phenoxy) is 1. The van der Waals surface area contributed by atoms with Crippen molar-refractivity contribution in [3.8, 4) is 5.75 Å². The van der Waals surface area contributed by atoms with Crippen molar-refractivity contribution in [2.75, 3.05) is 7.11 Å². The van der Waals surface area contributed by atoms with Crippen molar-refractivity contribution in [1.29, 1.82) is 0 Å². The summed E-state index contributed by atoms with van der Waals surface area (Å²) in [5.41, 5.74) is 1.12. The van der Waals surface area contributed by atoms with Crippen molar-refractivity contribution in [3.63, 3.8) is 0 Å². The van der Waals surface area contributed by atoms with Gasteiger partial charge in [0.25, 0.3) is 0 Å². The van der Waals surface area contributed by atoms with Crippen LogP contribution in [0.5, 0.6) is 5.75 Å². The van der Waals surface area contributed by atoms with Gasteiger partial charge in [-0.25, -0.2) is 0 Å². The number of hydrogen-bond donors (Lipinski definition) is 2. The molecule has 1 aromatic carbocycles. The van der Waals surface area contributed by atoms with E-state index in [-0.39, 0.29) is 18.0 Å². The lowest BCUT2D eigenvalue weighted by Gasteiger charge is -2.36. The number of aliphatic carboxylic acids is 1. The maximum Gasteiger partial charge on any atom is 0.308 e. The molecule has 1 saturated carbocycles. The van der Waals surface area contributed by atoms with Gasteiger partial charge in [-0.05, 0) is 37.5 Å². The first kappa shape index (κ1) is 12.9. The molecule has 0 spiro atoms. The van der Waals surface area contributed by atoms with Crippen LogP contribution in [0, 0.1) is 5.92 Å². The third kappa shape index (κ3) is 2.64. The van der Waals surface area contributed by atoms with Gasteiger partial charge in [0.05, 0.1) is 13.0 Å². The summed E-state index contributed by atoms with van der Waals surface area (Å²) in [6.45, 7) is 2.05. The number of carbonyl (C=O) groups is 1. The van der Waals surface area contributed by atoms with Crippen molar-refractivity contribution in [1.82, 2.24) is 5.32 Å². The lowest BCUT2D eigenvalue weighted by molar-refractivity contribution is -0.146. The molecular weight excluding hydrogens is 230 g/mol. The number of methoxy groups -OCH3 is 1. The van der Waals surface area contributed by atoms with Gasteiger partial charge in [-0.3, -0.25) is 4.79 Å². The minimum Gasteiger partial charge on any atom is -0.497 e. The molecule has 4 nitrogen and oxygen atoms in total. The number of benzene rings is 1. The molecule has 18 heavy (non-hydrogen) atoms. The van der Waals surface area contributed by atoms with Gasteiger partial charge in [0, 0.05) is 12.1 Å². The van der Waals surface area contributed by atoms with Crippen molar-refractivity contribution < 1.29 is 14.6 Å². The average molecular weight is 249 g/mol. The molecule has 0 amide bonds. The van der Waals surface area contributed by atoms with E-state index >= 15 is 0 Å². The molecule has 98 valence electrons. The van der Waals surface area contributed by atoms with E-state index in [2.05, 4.69) is 5.32 Å². The van der Waals surface area contributed by atoms with Crippen LogP contribution in [0.3, 0.4) is 0 Å². The monoisotopic (exact) mass is 249 g/mol. The molecule has 0 bridgehead atoms. The Hall–Kier alpha value is -1.55. The highest BCUT2D eigenvalue weighted by atomic mass is 16.5. The van der Waals surface area contributed by atoms with E-state index in [1.54, 1.807) is 7.11 Å². The summed E-state index contributed by atoms with van der Waals surface area (Å²) in [5, 5.41) is 12.4. The van der Waals surface area contributed by atoms with E-state index in [1.807, 2.05) is 31.2 Å². The predicted octanol–water partition coefficient (Wildman–Crippen LogP) is 2.21. The fourth-order valence-corrected chi connectivity index (χ4v) is 2.32. The van der Waals surface area contributed by atoms with Gasteiger partial charge in [-0.15, -0.1) is 0 Å². The molecule has 0 aromatic heterocycles. The minimum absolute atomic E-state index is 0.0868. The Morgan fingerprint density at radius 1 is 1.50 bits per heavy atom. The van der Waals surface area contributed by atoms with E-state index in [9.17, 15) is 4.79 Å². The van der Waals surface area contributed by atoms with Crippen LogP contribution >= 0.6 is 0 Å². The summed E-state index contributed by atoms with van der Waals surface area (Å²) in [6.07, 6.45) is 1.71. The first-order chi connectivity index (χ1) is 8.61. The van der Waals surface area contributed by atoms with Crippen LogP contribution in [0.25, 0.3) is 0 Å². The van der Waals surface area contributed by atoms with Gasteiger partial charge >= 0.3 is 5.97 Å². The third-order valence-corrected chi connectivity index (χ3v) is 3.65. The van der Waals surface area contributed by atoms with Crippen molar-refractivity contribution >= 4 is 5.97 Å². The maximum absolute atomic E-state index is 11.0. The standard InChI is InChI=1S/C14H19NO3/c1-9(10-4-3-5-11(8-10)18-2)15-13-7-6-12(13)14(16)17/h3-5,8-9,12-13,15H,6-7H2,1-2H3,(H,16,17)/t9-,12?,13?/m0/s1. The average Bonchev–Trinajstić information content (AvgIpc) is 2.33. The van der Waals surface area contributed by atoms with Crippen molar-refractivity contribution in [3.05, 3.63) is 29.8 Å². The third-order valence-electron chi connectivity index (χ3n) is 3.65. The largest absolute Gasteiger partial charge is 0.497 e. The molecule has 1 aliphatic rings. The SMILES string of the molecule is COc1cccc([C@H](C)NC2CCC2C(=O)O)c1. The van der Waals surface area contributed by atoms with Gasteiger partial charge < -0.3 is 15.2 Å². The Bertz CT molecular complexity index is 433. The van der Waals surface area contributed by atoms with Crippen LogP contribution in [-0.4, -0.2) is 24.2 Å². The topological polar surface area (TPSA) is 58.6 Å². The summed E-state index contributed by atoms with van der Waals surface area (Å²) in [5.74, 6) is -0.112. The van der Waals surface area contributed by atoms with E-state index < -0.39 is 5.97 Å². The zero-order valence-electron chi connectivity index (χ0n) is 10.7. The summed E-state index contributed by atoms with van der Waals surface area (Å²) in [4.78, 5) is 11.0. The zero-order chi connectivity index (χ0) is 13.1. The Kier molecular flexibility index (Phi) is 3.87. The van der Waals surface area contributed by atoms with Crippen LogP contribution < -0.4 is 10.1 Å². The summed E-state index contributed by atoms with van der Waals surface area (Å²) in [6, 6.07) is 8.07. The minimum atomic E-state index is -0.698. The van der Waals surface area contributed by atoms with Crippen LogP contribution in [0.2, 0.25) is 0 Å². The molecule has 0 radical (unpaired) electrons. The van der Waals surface area contributed by atoms with Gasteiger partial charge in [0.15, 0.2) is 0 Å². The second-order valence-electron chi connectivity index (χ2n) is 4.79. The first-order valence-corrected chi connectivity index (χ1v) is 6.24.